The molecule has 1 aromatic carbocycles. The predicted molar refractivity (Wildman–Crippen MR) is 86.1 cm³/mol. The second-order valence-corrected chi connectivity index (χ2v) is 6.10. The summed E-state index contributed by atoms with van der Waals surface area (Å²) in [5.41, 5.74) is 0.914. The van der Waals surface area contributed by atoms with Crippen LogP contribution < -0.4 is 5.32 Å². The molecule has 2 N–H and O–H groups in total. The Balaban J connectivity index is 2.04. The Morgan fingerprint density at radius 3 is 2.53 bits per heavy atom. The van der Waals surface area contributed by atoms with Crippen LogP contribution in [0.25, 0.3) is 0 Å². The van der Waals surface area contributed by atoms with Crippen molar-refractivity contribution in [3.63, 3.8) is 0 Å². The Morgan fingerprint density at radius 1 is 1.16 bits per heavy atom. The highest BCUT2D eigenvalue weighted by atomic mass is 35.5. The monoisotopic (exact) mass is 301 g/mol. The van der Waals surface area contributed by atoms with Gasteiger partial charge in [-0.25, -0.2) is 0 Å². The maximum absolute atomic E-state index is 9.98. The fourth-order valence-electron chi connectivity index (χ4n) is 1.89. The molecule has 0 fully saturated rings. The van der Waals surface area contributed by atoms with Gasteiger partial charge < -0.3 is 10.4 Å². The van der Waals surface area contributed by atoms with E-state index in [1.54, 1.807) is 0 Å². The maximum atomic E-state index is 9.98. The van der Waals surface area contributed by atoms with Crippen molar-refractivity contribution in [3.8, 4) is 0 Å². The lowest BCUT2D eigenvalue weighted by Crippen LogP contribution is -2.22. The Morgan fingerprint density at radius 2 is 1.84 bits per heavy atom. The number of hydrogen-bond donors (Lipinski definition) is 2. The van der Waals surface area contributed by atoms with Crippen molar-refractivity contribution < 1.29 is 5.11 Å². The first-order chi connectivity index (χ1) is 9.24. The molecule has 0 radical (unpaired) electrons. The van der Waals surface area contributed by atoms with Crippen LogP contribution in [0.2, 0.25) is 5.02 Å². The summed E-state index contributed by atoms with van der Waals surface area (Å²) in [5.74, 6) is 1.27. The standard InChI is InChI=1S/C15H24ClNOS/c1-19-11-5-3-2-4-10-17-12-15(18)13-6-8-14(16)9-7-13/h6-9,15,17-18H,2-5,10-12H2,1H3. The highest BCUT2D eigenvalue weighted by Gasteiger charge is 2.06. The lowest BCUT2D eigenvalue weighted by molar-refractivity contribution is 0.174. The molecule has 1 aromatic rings. The zero-order chi connectivity index (χ0) is 13.9. The van der Waals surface area contributed by atoms with Gasteiger partial charge in [0.25, 0.3) is 0 Å². The Bertz CT molecular complexity index is 331. The summed E-state index contributed by atoms with van der Waals surface area (Å²) >= 11 is 7.73. The molecule has 4 heteroatoms. The van der Waals surface area contributed by atoms with Gasteiger partial charge in [0.05, 0.1) is 6.10 Å². The number of nitrogens with one attached hydrogen (secondary N) is 1. The fraction of sp³-hybridized carbons (Fsp3) is 0.600. The van der Waals surface area contributed by atoms with Crippen molar-refractivity contribution in [2.75, 3.05) is 25.1 Å². The van der Waals surface area contributed by atoms with E-state index in [0.717, 1.165) is 12.1 Å². The number of aliphatic hydroxyl groups is 1. The highest BCUT2D eigenvalue weighted by Crippen LogP contribution is 2.15. The molecule has 1 unspecified atom stereocenters. The van der Waals surface area contributed by atoms with E-state index >= 15 is 0 Å². The summed E-state index contributed by atoms with van der Waals surface area (Å²) in [4.78, 5) is 0. The van der Waals surface area contributed by atoms with Crippen LogP contribution in [0, 0.1) is 0 Å². The minimum Gasteiger partial charge on any atom is -0.387 e. The minimum absolute atomic E-state index is 0.450. The first kappa shape index (κ1) is 16.8. The predicted octanol–water partition coefficient (Wildman–Crippen LogP) is 3.89. The third kappa shape index (κ3) is 7.83. The lowest BCUT2D eigenvalue weighted by Gasteiger charge is -2.12. The topological polar surface area (TPSA) is 32.3 Å². The largest absolute Gasteiger partial charge is 0.387 e. The molecule has 0 heterocycles. The van der Waals surface area contributed by atoms with Crippen LogP contribution in [0.1, 0.15) is 37.4 Å². The van der Waals surface area contributed by atoms with E-state index in [-0.39, 0.29) is 0 Å². The van der Waals surface area contributed by atoms with Gasteiger partial charge in [0, 0.05) is 11.6 Å². The van der Waals surface area contributed by atoms with Gasteiger partial charge in [-0.05, 0) is 49.1 Å². The van der Waals surface area contributed by atoms with Crippen molar-refractivity contribution in [1.29, 1.82) is 0 Å². The first-order valence-corrected chi connectivity index (χ1v) is 8.64. The number of aliphatic hydroxyl groups excluding tert-OH is 1. The van der Waals surface area contributed by atoms with Crippen LogP contribution in [-0.2, 0) is 0 Å². The minimum atomic E-state index is -0.450. The molecule has 0 amide bonds. The zero-order valence-electron chi connectivity index (χ0n) is 11.6. The molecule has 0 saturated carbocycles. The van der Waals surface area contributed by atoms with Gasteiger partial charge in [0.1, 0.15) is 0 Å². The third-order valence-corrected chi connectivity index (χ3v) is 3.99. The van der Waals surface area contributed by atoms with E-state index in [9.17, 15) is 5.11 Å². The molecule has 0 aliphatic rings. The van der Waals surface area contributed by atoms with Crippen LogP contribution in [0.4, 0.5) is 0 Å². The number of benzene rings is 1. The van der Waals surface area contributed by atoms with Gasteiger partial charge in [-0.3, -0.25) is 0 Å². The second-order valence-electron chi connectivity index (χ2n) is 4.68. The van der Waals surface area contributed by atoms with E-state index in [0.29, 0.717) is 11.6 Å². The molecular formula is C15H24ClNOS. The molecular weight excluding hydrogens is 278 g/mol. The number of thioether (sulfide) groups is 1. The molecule has 0 aliphatic heterocycles. The summed E-state index contributed by atoms with van der Waals surface area (Å²) in [6.07, 6.45) is 6.77. The molecule has 0 saturated heterocycles. The zero-order valence-corrected chi connectivity index (χ0v) is 13.1. The van der Waals surface area contributed by atoms with Crippen LogP contribution in [0.3, 0.4) is 0 Å². The number of unbranched alkanes of at least 4 members (excludes halogenated alkanes) is 3. The fourth-order valence-corrected chi connectivity index (χ4v) is 2.51. The first-order valence-electron chi connectivity index (χ1n) is 6.87. The molecule has 0 spiro atoms. The summed E-state index contributed by atoms with van der Waals surface area (Å²) in [6, 6.07) is 7.37. The third-order valence-electron chi connectivity index (χ3n) is 3.04. The van der Waals surface area contributed by atoms with Crippen molar-refractivity contribution in [1.82, 2.24) is 5.32 Å². The summed E-state index contributed by atoms with van der Waals surface area (Å²) in [7, 11) is 0. The Kier molecular flexibility index (Phi) is 9.35. The molecule has 0 bridgehead atoms. The van der Waals surface area contributed by atoms with Crippen molar-refractivity contribution in [2.24, 2.45) is 0 Å². The average molecular weight is 302 g/mol. The van der Waals surface area contributed by atoms with Crippen LogP contribution in [0.15, 0.2) is 24.3 Å². The van der Waals surface area contributed by atoms with E-state index < -0.39 is 6.10 Å². The summed E-state index contributed by atoms with van der Waals surface area (Å²) < 4.78 is 0. The second kappa shape index (κ2) is 10.6. The molecule has 1 atom stereocenters. The van der Waals surface area contributed by atoms with Gasteiger partial charge in [0.2, 0.25) is 0 Å². The molecule has 0 aliphatic carbocycles. The van der Waals surface area contributed by atoms with Gasteiger partial charge in [-0.2, -0.15) is 11.8 Å². The average Bonchev–Trinajstić information content (AvgIpc) is 2.42. The Labute approximate surface area is 125 Å². The van der Waals surface area contributed by atoms with E-state index in [2.05, 4.69) is 11.6 Å². The molecule has 108 valence electrons. The van der Waals surface area contributed by atoms with E-state index in [1.165, 1.54) is 31.4 Å². The van der Waals surface area contributed by atoms with Gasteiger partial charge in [-0.15, -0.1) is 0 Å². The maximum Gasteiger partial charge on any atom is 0.0914 e. The van der Waals surface area contributed by atoms with Crippen molar-refractivity contribution in [2.45, 2.75) is 31.8 Å². The normalized spacial score (nSPS) is 12.6. The SMILES string of the molecule is CSCCCCCCNCC(O)c1ccc(Cl)cc1. The van der Waals surface area contributed by atoms with Gasteiger partial charge in [0.15, 0.2) is 0 Å². The highest BCUT2D eigenvalue weighted by molar-refractivity contribution is 7.98. The van der Waals surface area contributed by atoms with Gasteiger partial charge in [-0.1, -0.05) is 36.6 Å². The van der Waals surface area contributed by atoms with Crippen LogP contribution in [-0.4, -0.2) is 30.2 Å². The smallest absolute Gasteiger partial charge is 0.0914 e. The molecule has 0 aromatic heterocycles. The van der Waals surface area contributed by atoms with Crippen LogP contribution >= 0.6 is 23.4 Å². The van der Waals surface area contributed by atoms with E-state index in [1.807, 2.05) is 36.0 Å². The molecule has 2 nitrogen and oxygen atoms in total. The van der Waals surface area contributed by atoms with Crippen LogP contribution in [0.5, 0.6) is 0 Å². The van der Waals surface area contributed by atoms with Crippen molar-refractivity contribution in [3.05, 3.63) is 34.9 Å². The molecule has 1 rings (SSSR count). The molecule has 19 heavy (non-hydrogen) atoms. The number of rotatable bonds is 10. The number of halogens is 1. The number of hydrogen-bond acceptors (Lipinski definition) is 3. The van der Waals surface area contributed by atoms with Gasteiger partial charge >= 0.3 is 0 Å². The lowest BCUT2D eigenvalue weighted by atomic mass is 10.1. The summed E-state index contributed by atoms with van der Waals surface area (Å²) in [5, 5.41) is 14.0. The quantitative estimate of drug-likeness (QED) is 0.643. The Hall–Kier alpha value is -0.220. The summed E-state index contributed by atoms with van der Waals surface area (Å²) in [6.45, 7) is 1.58. The van der Waals surface area contributed by atoms with E-state index in [4.69, 9.17) is 11.6 Å². The van der Waals surface area contributed by atoms with Crippen molar-refractivity contribution >= 4 is 23.4 Å².